The van der Waals surface area contributed by atoms with E-state index in [1.54, 1.807) is 11.1 Å². The maximum atomic E-state index is 14.0. The van der Waals surface area contributed by atoms with Crippen molar-refractivity contribution >= 4 is 32.6 Å². The molecule has 0 saturated carbocycles. The van der Waals surface area contributed by atoms with Crippen LogP contribution in [0, 0.1) is 0 Å². The van der Waals surface area contributed by atoms with Crippen molar-refractivity contribution in [1.82, 2.24) is 9.97 Å². The summed E-state index contributed by atoms with van der Waals surface area (Å²) in [6, 6.07) is 32.0. The Morgan fingerprint density at radius 3 is 2.25 bits per heavy atom. The lowest BCUT2D eigenvalue weighted by molar-refractivity contribution is -0.119. The largest absolute Gasteiger partial charge is 0.494 e. The molecule has 3 aromatic carbocycles. The SMILES string of the molecule is CCOc1ccc2nc(N(Cc3ccccn3)C(=O)CC(c3ccccc3)c3ccccc3)sc2c1. The number of hydrogen-bond donors (Lipinski definition) is 0. The highest BCUT2D eigenvalue weighted by Gasteiger charge is 2.26. The second kappa shape index (κ2) is 11.1. The number of aromatic nitrogens is 2. The van der Waals surface area contributed by atoms with Gasteiger partial charge in [0.25, 0.3) is 0 Å². The topological polar surface area (TPSA) is 55.3 Å². The molecule has 0 unspecified atom stereocenters. The van der Waals surface area contributed by atoms with Crippen LogP contribution < -0.4 is 9.64 Å². The zero-order chi connectivity index (χ0) is 24.7. The van der Waals surface area contributed by atoms with E-state index in [2.05, 4.69) is 29.2 Å². The van der Waals surface area contributed by atoms with Crippen LogP contribution in [0.2, 0.25) is 0 Å². The summed E-state index contributed by atoms with van der Waals surface area (Å²) in [6.45, 7) is 2.92. The lowest BCUT2D eigenvalue weighted by Gasteiger charge is -2.24. The van der Waals surface area contributed by atoms with E-state index in [1.165, 1.54) is 11.3 Å². The molecule has 1 amide bonds. The number of benzene rings is 3. The average Bonchev–Trinajstić information content (AvgIpc) is 3.35. The third-order valence-corrected chi connectivity index (χ3v) is 7.06. The molecule has 0 N–H and O–H groups in total. The molecular weight excluding hydrogens is 466 g/mol. The standard InChI is InChI=1S/C30H27N3O2S/c1-2-35-25-16-17-27-28(19-25)36-30(32-27)33(21-24-15-9-10-18-31-24)29(34)20-26(22-11-5-3-6-12-22)23-13-7-4-8-14-23/h3-19,26H,2,20-21H2,1H3. The Morgan fingerprint density at radius 2 is 1.61 bits per heavy atom. The van der Waals surface area contributed by atoms with Gasteiger partial charge in [-0.1, -0.05) is 78.1 Å². The van der Waals surface area contributed by atoms with Gasteiger partial charge in [-0.05, 0) is 48.4 Å². The quantitative estimate of drug-likeness (QED) is 0.225. The van der Waals surface area contributed by atoms with Crippen molar-refractivity contribution in [2.24, 2.45) is 0 Å². The van der Waals surface area contributed by atoms with Gasteiger partial charge in [-0.2, -0.15) is 0 Å². The minimum absolute atomic E-state index is 0.00227. The van der Waals surface area contributed by atoms with E-state index in [-0.39, 0.29) is 11.8 Å². The zero-order valence-electron chi connectivity index (χ0n) is 20.1. The third kappa shape index (κ3) is 5.44. The fraction of sp³-hybridized carbons (Fsp3) is 0.167. The van der Waals surface area contributed by atoms with Crippen LogP contribution in [0.25, 0.3) is 10.2 Å². The summed E-state index contributed by atoms with van der Waals surface area (Å²) in [5.74, 6) is 0.739. The lowest BCUT2D eigenvalue weighted by Crippen LogP contribution is -2.32. The maximum Gasteiger partial charge on any atom is 0.230 e. The Bertz CT molecular complexity index is 1380. The number of anilines is 1. The van der Waals surface area contributed by atoms with E-state index >= 15 is 0 Å². The predicted octanol–water partition coefficient (Wildman–Crippen LogP) is 6.85. The average molecular weight is 494 g/mol. The molecule has 36 heavy (non-hydrogen) atoms. The van der Waals surface area contributed by atoms with Crippen molar-refractivity contribution in [3.63, 3.8) is 0 Å². The number of rotatable bonds is 9. The van der Waals surface area contributed by atoms with Gasteiger partial charge < -0.3 is 4.74 Å². The van der Waals surface area contributed by atoms with Crippen molar-refractivity contribution < 1.29 is 9.53 Å². The monoisotopic (exact) mass is 493 g/mol. The number of amides is 1. The van der Waals surface area contributed by atoms with Gasteiger partial charge in [-0.25, -0.2) is 4.98 Å². The van der Waals surface area contributed by atoms with Gasteiger partial charge in [0, 0.05) is 18.5 Å². The molecule has 5 rings (SSSR count). The molecule has 0 atom stereocenters. The number of nitrogens with zero attached hydrogens (tertiary/aromatic N) is 3. The van der Waals surface area contributed by atoms with Gasteiger partial charge in [0.05, 0.1) is 29.1 Å². The number of pyridine rings is 1. The lowest BCUT2D eigenvalue weighted by atomic mass is 9.88. The number of hydrogen-bond acceptors (Lipinski definition) is 5. The fourth-order valence-corrected chi connectivity index (χ4v) is 5.28. The first-order valence-corrected chi connectivity index (χ1v) is 12.9. The van der Waals surface area contributed by atoms with Crippen LogP contribution in [0.3, 0.4) is 0 Å². The summed E-state index contributed by atoms with van der Waals surface area (Å²) >= 11 is 1.50. The normalized spacial score (nSPS) is 11.1. The van der Waals surface area contributed by atoms with Gasteiger partial charge in [-0.3, -0.25) is 14.7 Å². The summed E-state index contributed by atoms with van der Waals surface area (Å²) < 4.78 is 6.65. The number of thiazole rings is 1. The summed E-state index contributed by atoms with van der Waals surface area (Å²) in [7, 11) is 0. The molecule has 0 spiro atoms. The minimum atomic E-state index is -0.0648. The van der Waals surface area contributed by atoms with Gasteiger partial charge in [0.15, 0.2) is 5.13 Å². The van der Waals surface area contributed by atoms with E-state index in [4.69, 9.17) is 9.72 Å². The highest BCUT2D eigenvalue weighted by atomic mass is 32.1. The molecule has 2 aromatic heterocycles. The fourth-order valence-electron chi connectivity index (χ4n) is 4.26. The predicted molar refractivity (Wildman–Crippen MR) is 146 cm³/mol. The molecule has 5 nitrogen and oxygen atoms in total. The highest BCUT2D eigenvalue weighted by molar-refractivity contribution is 7.22. The first-order chi connectivity index (χ1) is 17.7. The molecule has 0 aliphatic rings. The summed E-state index contributed by atoms with van der Waals surface area (Å²) in [4.78, 5) is 25.1. The Labute approximate surface area is 215 Å². The molecule has 0 radical (unpaired) electrons. The molecule has 0 bridgehead atoms. The van der Waals surface area contributed by atoms with E-state index in [0.717, 1.165) is 32.8 Å². The molecule has 2 heterocycles. The Hall–Kier alpha value is -4.03. The van der Waals surface area contributed by atoms with Gasteiger partial charge in [0.1, 0.15) is 5.75 Å². The van der Waals surface area contributed by atoms with E-state index < -0.39 is 0 Å². The van der Waals surface area contributed by atoms with Crippen molar-refractivity contribution in [3.8, 4) is 5.75 Å². The summed E-state index contributed by atoms with van der Waals surface area (Å²) in [5.41, 5.74) is 3.89. The van der Waals surface area contributed by atoms with Crippen LogP contribution in [0.5, 0.6) is 5.75 Å². The van der Waals surface area contributed by atoms with E-state index in [0.29, 0.717) is 24.7 Å². The highest BCUT2D eigenvalue weighted by Crippen LogP contribution is 2.35. The van der Waals surface area contributed by atoms with Crippen LogP contribution >= 0.6 is 11.3 Å². The number of ether oxygens (including phenoxy) is 1. The van der Waals surface area contributed by atoms with E-state index in [1.807, 2.05) is 79.7 Å². The van der Waals surface area contributed by atoms with Crippen molar-refractivity contribution in [2.45, 2.75) is 25.8 Å². The molecule has 6 heteroatoms. The second-order valence-corrected chi connectivity index (χ2v) is 9.45. The van der Waals surface area contributed by atoms with Gasteiger partial charge in [0.2, 0.25) is 5.91 Å². The summed E-state index contributed by atoms with van der Waals surface area (Å²) in [5, 5.41) is 0.661. The van der Waals surface area contributed by atoms with Crippen LogP contribution in [-0.2, 0) is 11.3 Å². The van der Waals surface area contributed by atoms with Crippen molar-refractivity contribution in [1.29, 1.82) is 0 Å². The Balaban J connectivity index is 1.51. The van der Waals surface area contributed by atoms with Gasteiger partial charge in [-0.15, -0.1) is 0 Å². The van der Waals surface area contributed by atoms with Gasteiger partial charge >= 0.3 is 0 Å². The molecule has 5 aromatic rings. The maximum absolute atomic E-state index is 14.0. The first kappa shape index (κ1) is 23.7. The smallest absolute Gasteiger partial charge is 0.230 e. The molecule has 0 aliphatic heterocycles. The van der Waals surface area contributed by atoms with Crippen molar-refractivity contribution in [2.75, 3.05) is 11.5 Å². The molecular formula is C30H27N3O2S. The summed E-state index contributed by atoms with van der Waals surface area (Å²) in [6.07, 6.45) is 2.07. The molecule has 0 saturated heterocycles. The number of fused-ring (bicyclic) bond motifs is 1. The van der Waals surface area contributed by atoms with Crippen LogP contribution in [-0.4, -0.2) is 22.5 Å². The molecule has 0 fully saturated rings. The van der Waals surface area contributed by atoms with Crippen LogP contribution in [0.4, 0.5) is 5.13 Å². The van der Waals surface area contributed by atoms with Crippen LogP contribution in [0.1, 0.15) is 36.1 Å². The Morgan fingerprint density at radius 1 is 0.917 bits per heavy atom. The Kier molecular flexibility index (Phi) is 7.33. The minimum Gasteiger partial charge on any atom is -0.494 e. The van der Waals surface area contributed by atoms with Crippen LogP contribution in [0.15, 0.2) is 103 Å². The number of carbonyl (C=O) groups is 1. The third-order valence-electron chi connectivity index (χ3n) is 6.02. The van der Waals surface area contributed by atoms with E-state index in [9.17, 15) is 4.79 Å². The molecule has 0 aliphatic carbocycles. The molecule has 180 valence electrons. The first-order valence-electron chi connectivity index (χ1n) is 12.0. The number of carbonyl (C=O) groups excluding carboxylic acids is 1. The van der Waals surface area contributed by atoms with Crippen molar-refractivity contribution in [3.05, 3.63) is 120 Å². The second-order valence-electron chi connectivity index (χ2n) is 8.44. The zero-order valence-corrected chi connectivity index (χ0v) is 20.9.